The average molecular weight is 799 g/mol. The highest BCUT2D eigenvalue weighted by atomic mass is 16.5. The number of hydrogen-bond acceptors (Lipinski definition) is 7. The highest BCUT2D eigenvalue weighted by Crippen LogP contribution is 2.34. The van der Waals surface area contributed by atoms with E-state index in [1.165, 1.54) is 19.8 Å². The lowest BCUT2D eigenvalue weighted by Crippen LogP contribution is -2.36. The van der Waals surface area contributed by atoms with E-state index in [2.05, 4.69) is 53.7 Å². The molecule has 5 aromatic rings. The molecule has 5 aromatic carbocycles. The number of carbonyl (C=O) groups is 4. The highest BCUT2D eigenvalue weighted by Gasteiger charge is 2.38. The number of methoxy groups -OCH3 is 2. The van der Waals surface area contributed by atoms with E-state index in [4.69, 9.17) is 14.2 Å². The lowest BCUT2D eigenvalue weighted by molar-refractivity contribution is -0.151. The molecular weight excluding hydrogens is 741 g/mol. The van der Waals surface area contributed by atoms with Gasteiger partial charge in [0.1, 0.15) is 6.61 Å². The molecule has 2 unspecified atom stereocenters. The van der Waals surface area contributed by atoms with Gasteiger partial charge in [-0.15, -0.1) is 0 Å². The van der Waals surface area contributed by atoms with Crippen molar-refractivity contribution < 1.29 is 38.5 Å². The fourth-order valence-electron chi connectivity index (χ4n) is 6.72. The number of hydrogen-bond donors (Lipinski definition) is 1. The van der Waals surface area contributed by atoms with Crippen LogP contribution in [0.2, 0.25) is 0 Å². The lowest BCUT2D eigenvalue weighted by Gasteiger charge is -2.29. The number of esters is 3. The minimum absolute atomic E-state index is 0.0157. The van der Waals surface area contributed by atoms with Crippen LogP contribution in [0.25, 0.3) is 0 Å². The van der Waals surface area contributed by atoms with Crippen LogP contribution in [0.5, 0.6) is 0 Å². The van der Waals surface area contributed by atoms with E-state index < -0.39 is 22.8 Å². The third kappa shape index (κ3) is 11.8. The van der Waals surface area contributed by atoms with Crippen LogP contribution in [-0.4, -0.2) is 43.2 Å². The molecule has 59 heavy (non-hydrogen) atoms. The number of aliphatic carboxylic acids is 1. The first kappa shape index (κ1) is 45.7. The normalized spacial score (nSPS) is 13.4. The van der Waals surface area contributed by atoms with Crippen molar-refractivity contribution in [2.24, 2.45) is 0 Å². The Bertz CT molecular complexity index is 2180. The van der Waals surface area contributed by atoms with Crippen LogP contribution in [0.3, 0.4) is 0 Å². The van der Waals surface area contributed by atoms with E-state index in [0.717, 1.165) is 33.4 Å². The molecular formula is C51H58O8. The summed E-state index contributed by atoms with van der Waals surface area (Å²) in [5.74, 6) is -1.95. The quantitative estimate of drug-likeness (QED) is 0.0980. The summed E-state index contributed by atoms with van der Waals surface area (Å²) in [5, 5.41) is 9.88. The van der Waals surface area contributed by atoms with Crippen LogP contribution in [0.15, 0.2) is 127 Å². The number of rotatable bonds is 12. The molecule has 0 amide bonds. The molecule has 2 atom stereocenters. The Labute approximate surface area is 349 Å². The first-order chi connectivity index (χ1) is 27.7. The van der Waals surface area contributed by atoms with Crippen LogP contribution in [0.1, 0.15) is 115 Å². The molecule has 0 aliphatic rings. The van der Waals surface area contributed by atoms with Crippen LogP contribution in [0.4, 0.5) is 0 Å². The van der Waals surface area contributed by atoms with Gasteiger partial charge >= 0.3 is 23.9 Å². The van der Waals surface area contributed by atoms with Crippen molar-refractivity contribution in [3.05, 3.63) is 177 Å². The summed E-state index contributed by atoms with van der Waals surface area (Å²) in [6.45, 7) is 16.7. The van der Waals surface area contributed by atoms with Crippen molar-refractivity contribution >= 4 is 23.9 Å². The Morgan fingerprint density at radius 3 is 1.17 bits per heavy atom. The smallest absolute Gasteiger partial charge is 0.337 e. The van der Waals surface area contributed by atoms with E-state index in [1.54, 1.807) is 43.3 Å². The monoisotopic (exact) mass is 798 g/mol. The third-order valence-electron chi connectivity index (χ3n) is 10.8. The fourth-order valence-corrected chi connectivity index (χ4v) is 6.72. The summed E-state index contributed by atoms with van der Waals surface area (Å²) >= 11 is 0. The van der Waals surface area contributed by atoms with Gasteiger partial charge in [0.05, 0.1) is 36.2 Å². The maximum Gasteiger partial charge on any atom is 0.337 e. The molecule has 310 valence electrons. The molecule has 5 rings (SSSR count). The maximum atomic E-state index is 13.5. The summed E-state index contributed by atoms with van der Waals surface area (Å²) in [6.07, 6.45) is 0.773. The van der Waals surface area contributed by atoms with E-state index in [9.17, 15) is 24.3 Å². The molecule has 0 heterocycles. The van der Waals surface area contributed by atoms with Gasteiger partial charge in [-0.2, -0.15) is 0 Å². The number of carboxylic acid groups (broad SMARTS) is 1. The Balaban J connectivity index is 0.000000268. The Morgan fingerprint density at radius 2 is 0.814 bits per heavy atom. The summed E-state index contributed by atoms with van der Waals surface area (Å²) in [4.78, 5) is 48.8. The molecule has 8 nitrogen and oxygen atoms in total. The van der Waals surface area contributed by atoms with Crippen LogP contribution in [-0.2, 0) is 64.9 Å². The molecule has 0 saturated heterocycles. The third-order valence-corrected chi connectivity index (χ3v) is 10.8. The Kier molecular flexibility index (Phi) is 14.8. The SMILES string of the molecule is COC(=O)c1ccc(CC(C)(C(=O)O)c2ccc(C(C)(C)C)cc2)cc1.COC(=O)c1ccc(CC(C)(C(=O)OCc2ccccc2)c2ccc(C(C)(C)C)cc2)cc1. The zero-order chi connectivity index (χ0) is 43.6. The summed E-state index contributed by atoms with van der Waals surface area (Å²) in [5.41, 5.74) is 5.76. The summed E-state index contributed by atoms with van der Waals surface area (Å²) < 4.78 is 15.3. The van der Waals surface area contributed by atoms with Gasteiger partial charge in [0.2, 0.25) is 0 Å². The average Bonchev–Trinajstić information content (AvgIpc) is 3.22. The predicted octanol–water partition coefficient (Wildman–Crippen LogP) is 10.4. The van der Waals surface area contributed by atoms with E-state index >= 15 is 0 Å². The summed E-state index contributed by atoms with van der Waals surface area (Å²) in [6, 6.07) is 39.7. The molecule has 0 fully saturated rings. The number of carboxylic acids is 1. The second-order valence-electron chi connectivity index (χ2n) is 17.4. The molecule has 0 aliphatic heterocycles. The zero-order valence-electron chi connectivity index (χ0n) is 36.1. The first-order valence-corrected chi connectivity index (χ1v) is 19.7. The lowest BCUT2D eigenvalue weighted by atomic mass is 9.76. The van der Waals surface area contributed by atoms with E-state index in [0.29, 0.717) is 24.0 Å². The maximum absolute atomic E-state index is 13.5. The van der Waals surface area contributed by atoms with Gasteiger partial charge in [0, 0.05) is 0 Å². The van der Waals surface area contributed by atoms with Crippen LogP contribution >= 0.6 is 0 Å². The number of benzene rings is 5. The molecule has 8 heteroatoms. The second kappa shape index (κ2) is 19.2. The van der Waals surface area contributed by atoms with Gasteiger partial charge in [-0.25, -0.2) is 9.59 Å². The van der Waals surface area contributed by atoms with Gasteiger partial charge in [0.15, 0.2) is 0 Å². The number of carbonyl (C=O) groups excluding carboxylic acids is 3. The van der Waals surface area contributed by atoms with E-state index in [1.807, 2.05) is 85.8 Å². The highest BCUT2D eigenvalue weighted by molar-refractivity contribution is 5.90. The van der Waals surface area contributed by atoms with Crippen molar-refractivity contribution in [3.8, 4) is 0 Å². The topological polar surface area (TPSA) is 116 Å². The van der Waals surface area contributed by atoms with Crippen molar-refractivity contribution in [2.45, 2.75) is 96.5 Å². The van der Waals surface area contributed by atoms with Gasteiger partial charge < -0.3 is 19.3 Å². The Hall–Kier alpha value is -6.02. The van der Waals surface area contributed by atoms with Crippen LogP contribution in [0, 0.1) is 0 Å². The standard InChI is InChI=1S/C29H32O4.C22H26O4/c1-28(2,3)24-15-17-25(18-16-24)29(4,27(31)33-20-22-9-7-6-8-10-22)19-21-11-13-23(14-12-21)26(30)32-5;1-21(2,3)17-10-12-18(13-11-17)22(4,20(24)25)14-15-6-8-16(9-7-15)19(23)26-5/h6-18H,19-20H2,1-5H3;6-13H,14H2,1-5H3,(H,24,25). The van der Waals surface area contributed by atoms with Crippen molar-refractivity contribution in [1.29, 1.82) is 0 Å². The molecule has 1 N–H and O–H groups in total. The zero-order valence-corrected chi connectivity index (χ0v) is 36.1. The molecule has 0 aromatic heterocycles. The largest absolute Gasteiger partial charge is 0.481 e. The predicted molar refractivity (Wildman–Crippen MR) is 232 cm³/mol. The molecule has 0 bridgehead atoms. The van der Waals surface area contributed by atoms with Crippen LogP contribution < -0.4 is 0 Å². The fraction of sp³-hybridized carbons (Fsp3) is 0.333. The molecule has 0 radical (unpaired) electrons. The molecule has 0 spiro atoms. The minimum atomic E-state index is -1.05. The second-order valence-corrected chi connectivity index (χ2v) is 17.4. The van der Waals surface area contributed by atoms with Crippen molar-refractivity contribution in [1.82, 2.24) is 0 Å². The van der Waals surface area contributed by atoms with Crippen molar-refractivity contribution in [2.75, 3.05) is 14.2 Å². The van der Waals surface area contributed by atoms with Gasteiger partial charge in [-0.1, -0.05) is 145 Å². The van der Waals surface area contributed by atoms with Gasteiger partial charge in [0.25, 0.3) is 0 Å². The van der Waals surface area contributed by atoms with E-state index in [-0.39, 0.29) is 29.4 Å². The summed E-state index contributed by atoms with van der Waals surface area (Å²) in [7, 11) is 2.69. The first-order valence-electron chi connectivity index (χ1n) is 19.7. The van der Waals surface area contributed by atoms with Crippen molar-refractivity contribution in [3.63, 3.8) is 0 Å². The number of ether oxygens (including phenoxy) is 3. The Morgan fingerprint density at radius 1 is 0.458 bits per heavy atom. The molecule has 0 aliphatic carbocycles. The van der Waals surface area contributed by atoms with Gasteiger partial charge in [-0.3, -0.25) is 9.59 Å². The molecule has 0 saturated carbocycles. The minimum Gasteiger partial charge on any atom is -0.481 e. The van der Waals surface area contributed by atoms with Gasteiger partial charge in [-0.05, 0) is 101 Å².